The van der Waals surface area contributed by atoms with Crippen LogP contribution in [0.25, 0.3) is 0 Å². The number of hydrogen-bond donors (Lipinski definition) is 2. The van der Waals surface area contributed by atoms with Gasteiger partial charge in [-0.3, -0.25) is 4.79 Å². The summed E-state index contributed by atoms with van der Waals surface area (Å²) in [6.45, 7) is 4.59. The highest BCUT2D eigenvalue weighted by Gasteiger charge is 2.30. The van der Waals surface area contributed by atoms with E-state index >= 15 is 0 Å². The standard InChI is InChI=1S/C12H21N3O2/c1-4-10-14-7-9-15(10)8-5-6-12(2,13-3)11(16)17/h7,9,13H,4-6,8H2,1-3H3,(H,16,17). The monoisotopic (exact) mass is 239 g/mol. The highest BCUT2D eigenvalue weighted by molar-refractivity contribution is 5.78. The van der Waals surface area contributed by atoms with Gasteiger partial charge in [0.05, 0.1) is 0 Å². The smallest absolute Gasteiger partial charge is 0.323 e. The first-order chi connectivity index (χ1) is 8.03. The Bertz CT molecular complexity index is 376. The van der Waals surface area contributed by atoms with Crippen LogP contribution in [0.15, 0.2) is 12.4 Å². The predicted molar refractivity (Wildman–Crippen MR) is 65.9 cm³/mol. The Labute approximate surface area is 102 Å². The highest BCUT2D eigenvalue weighted by Crippen LogP contribution is 2.13. The second kappa shape index (κ2) is 5.82. The Kier molecular flexibility index (Phi) is 4.69. The van der Waals surface area contributed by atoms with Gasteiger partial charge >= 0.3 is 5.97 Å². The fourth-order valence-corrected chi connectivity index (χ4v) is 1.80. The molecule has 2 N–H and O–H groups in total. The largest absolute Gasteiger partial charge is 0.480 e. The molecule has 0 aromatic carbocycles. The number of nitrogens with zero attached hydrogens (tertiary/aromatic N) is 2. The number of hydrogen-bond acceptors (Lipinski definition) is 3. The summed E-state index contributed by atoms with van der Waals surface area (Å²) in [7, 11) is 1.68. The van der Waals surface area contributed by atoms with Crippen LogP contribution in [0.2, 0.25) is 0 Å². The zero-order valence-electron chi connectivity index (χ0n) is 10.7. The SMILES string of the molecule is CCc1nccn1CCCC(C)(NC)C(=O)O. The maximum atomic E-state index is 11.1. The number of imidazole rings is 1. The molecule has 1 rings (SSSR count). The van der Waals surface area contributed by atoms with Gasteiger partial charge in [0.2, 0.25) is 0 Å². The van der Waals surface area contributed by atoms with Gasteiger partial charge in [0, 0.05) is 25.4 Å². The maximum Gasteiger partial charge on any atom is 0.323 e. The van der Waals surface area contributed by atoms with Gasteiger partial charge in [-0.05, 0) is 26.8 Å². The molecule has 0 saturated heterocycles. The molecular weight excluding hydrogens is 218 g/mol. The van der Waals surface area contributed by atoms with E-state index in [1.165, 1.54) is 0 Å². The van der Waals surface area contributed by atoms with Gasteiger partial charge in [-0.1, -0.05) is 6.92 Å². The lowest BCUT2D eigenvalue weighted by Gasteiger charge is -2.24. The molecule has 0 fully saturated rings. The molecule has 0 aliphatic carbocycles. The van der Waals surface area contributed by atoms with E-state index in [0.29, 0.717) is 6.42 Å². The van der Waals surface area contributed by atoms with Gasteiger partial charge in [0.1, 0.15) is 11.4 Å². The third kappa shape index (κ3) is 3.30. The lowest BCUT2D eigenvalue weighted by Crippen LogP contribution is -2.47. The van der Waals surface area contributed by atoms with Crippen LogP contribution >= 0.6 is 0 Å². The number of aliphatic carboxylic acids is 1. The van der Waals surface area contributed by atoms with E-state index in [4.69, 9.17) is 5.11 Å². The van der Waals surface area contributed by atoms with E-state index in [1.807, 2.05) is 6.20 Å². The summed E-state index contributed by atoms with van der Waals surface area (Å²) in [6, 6.07) is 0. The van der Waals surface area contributed by atoms with Gasteiger partial charge < -0.3 is 15.0 Å². The topological polar surface area (TPSA) is 67.2 Å². The molecule has 0 radical (unpaired) electrons. The second-order valence-corrected chi connectivity index (χ2v) is 4.38. The van der Waals surface area contributed by atoms with Crippen LogP contribution in [0.3, 0.4) is 0 Å². The zero-order chi connectivity index (χ0) is 12.9. The summed E-state index contributed by atoms with van der Waals surface area (Å²) in [6.07, 6.45) is 6.03. The van der Waals surface area contributed by atoms with Crippen molar-refractivity contribution in [2.45, 2.75) is 45.2 Å². The Morgan fingerprint density at radius 1 is 1.65 bits per heavy atom. The lowest BCUT2D eigenvalue weighted by molar-refractivity contribution is -0.144. The van der Waals surface area contributed by atoms with E-state index in [2.05, 4.69) is 21.8 Å². The molecule has 0 saturated carbocycles. The summed E-state index contributed by atoms with van der Waals surface area (Å²) in [5.74, 6) is 0.243. The van der Waals surface area contributed by atoms with Crippen LogP contribution in [-0.2, 0) is 17.8 Å². The van der Waals surface area contributed by atoms with E-state index < -0.39 is 11.5 Å². The molecule has 0 aliphatic heterocycles. The van der Waals surface area contributed by atoms with Crippen molar-refractivity contribution in [1.29, 1.82) is 0 Å². The van der Waals surface area contributed by atoms with Gasteiger partial charge in [-0.2, -0.15) is 0 Å². The number of carboxylic acids is 1. The Morgan fingerprint density at radius 3 is 2.88 bits per heavy atom. The van der Waals surface area contributed by atoms with E-state index in [1.54, 1.807) is 20.2 Å². The fraction of sp³-hybridized carbons (Fsp3) is 0.667. The Balaban J connectivity index is 2.50. The number of aryl methyl sites for hydroxylation is 2. The molecule has 1 atom stereocenters. The van der Waals surface area contributed by atoms with Crippen molar-refractivity contribution in [1.82, 2.24) is 14.9 Å². The van der Waals surface area contributed by atoms with Gasteiger partial charge in [0.25, 0.3) is 0 Å². The molecule has 5 heteroatoms. The van der Waals surface area contributed by atoms with Gasteiger partial charge in [0.15, 0.2) is 0 Å². The van der Waals surface area contributed by atoms with Crippen molar-refractivity contribution in [3.05, 3.63) is 18.2 Å². The van der Waals surface area contributed by atoms with Gasteiger partial charge in [-0.25, -0.2) is 4.98 Å². The molecule has 17 heavy (non-hydrogen) atoms. The fourth-order valence-electron chi connectivity index (χ4n) is 1.80. The summed E-state index contributed by atoms with van der Waals surface area (Å²) >= 11 is 0. The Morgan fingerprint density at radius 2 is 2.35 bits per heavy atom. The molecule has 5 nitrogen and oxygen atoms in total. The molecule has 1 unspecified atom stereocenters. The quantitative estimate of drug-likeness (QED) is 0.752. The first-order valence-corrected chi connectivity index (χ1v) is 5.96. The van der Waals surface area contributed by atoms with Gasteiger partial charge in [-0.15, -0.1) is 0 Å². The molecule has 1 heterocycles. The maximum absolute atomic E-state index is 11.1. The van der Waals surface area contributed by atoms with Crippen LogP contribution in [-0.4, -0.2) is 33.2 Å². The minimum atomic E-state index is -0.840. The third-order valence-corrected chi connectivity index (χ3v) is 3.22. The lowest BCUT2D eigenvalue weighted by atomic mass is 9.96. The van der Waals surface area contributed by atoms with E-state index in [-0.39, 0.29) is 0 Å². The highest BCUT2D eigenvalue weighted by atomic mass is 16.4. The predicted octanol–water partition coefficient (Wildman–Crippen LogP) is 1.29. The van der Waals surface area contributed by atoms with Crippen LogP contribution in [0.1, 0.15) is 32.5 Å². The van der Waals surface area contributed by atoms with Crippen molar-refractivity contribution in [3.63, 3.8) is 0 Å². The summed E-state index contributed by atoms with van der Waals surface area (Å²) in [5.41, 5.74) is -0.840. The first-order valence-electron chi connectivity index (χ1n) is 5.96. The molecule has 96 valence electrons. The Hall–Kier alpha value is -1.36. The molecule has 0 spiro atoms. The van der Waals surface area contributed by atoms with Crippen LogP contribution in [0.5, 0.6) is 0 Å². The number of likely N-dealkylation sites (N-methyl/N-ethyl adjacent to an activating group) is 1. The summed E-state index contributed by atoms with van der Waals surface area (Å²) < 4.78 is 2.08. The van der Waals surface area contributed by atoms with Crippen molar-refractivity contribution < 1.29 is 9.90 Å². The van der Waals surface area contributed by atoms with Crippen molar-refractivity contribution in [2.24, 2.45) is 0 Å². The second-order valence-electron chi connectivity index (χ2n) is 4.38. The zero-order valence-corrected chi connectivity index (χ0v) is 10.7. The van der Waals surface area contributed by atoms with Crippen LogP contribution in [0.4, 0.5) is 0 Å². The molecule has 0 bridgehead atoms. The summed E-state index contributed by atoms with van der Waals surface area (Å²) in [5, 5.41) is 12.0. The first kappa shape index (κ1) is 13.7. The molecule has 0 amide bonds. The van der Waals surface area contributed by atoms with Crippen molar-refractivity contribution in [3.8, 4) is 0 Å². The number of rotatable bonds is 7. The minimum Gasteiger partial charge on any atom is -0.480 e. The van der Waals surface area contributed by atoms with Crippen LogP contribution in [0, 0.1) is 0 Å². The van der Waals surface area contributed by atoms with Crippen molar-refractivity contribution >= 4 is 5.97 Å². The average Bonchev–Trinajstić information content (AvgIpc) is 2.76. The normalized spacial score (nSPS) is 14.5. The number of carboxylic acid groups (broad SMARTS) is 1. The minimum absolute atomic E-state index is 0.597. The molecule has 0 aliphatic rings. The van der Waals surface area contributed by atoms with Crippen molar-refractivity contribution in [2.75, 3.05) is 7.05 Å². The summed E-state index contributed by atoms with van der Waals surface area (Å²) in [4.78, 5) is 15.3. The number of aromatic nitrogens is 2. The number of nitrogens with one attached hydrogen (secondary N) is 1. The average molecular weight is 239 g/mol. The molecule has 1 aromatic heterocycles. The third-order valence-electron chi connectivity index (χ3n) is 3.22. The molecule has 1 aromatic rings. The van der Waals surface area contributed by atoms with E-state index in [0.717, 1.165) is 25.2 Å². The molecular formula is C12H21N3O2. The van der Waals surface area contributed by atoms with Crippen LogP contribution < -0.4 is 5.32 Å². The number of carbonyl (C=O) groups is 1. The van der Waals surface area contributed by atoms with E-state index in [9.17, 15) is 4.79 Å².